The zero-order valence-electron chi connectivity index (χ0n) is 15.8. The normalized spacial score (nSPS) is 23.5. The number of piperidine rings is 1. The molecule has 1 aromatic carbocycles. The minimum absolute atomic E-state index is 0.0910. The second-order valence-electron chi connectivity index (χ2n) is 8.07. The number of primary amides is 1. The van der Waals surface area contributed by atoms with Crippen molar-refractivity contribution >= 4 is 17.7 Å². The molecule has 6 nitrogen and oxygen atoms in total. The van der Waals surface area contributed by atoms with Crippen molar-refractivity contribution in [3.05, 3.63) is 34.6 Å². The van der Waals surface area contributed by atoms with Crippen LogP contribution in [0, 0.1) is 5.82 Å². The summed E-state index contributed by atoms with van der Waals surface area (Å²) < 4.78 is 40.6. The summed E-state index contributed by atoms with van der Waals surface area (Å²) in [5, 5.41) is 0. The number of likely N-dealkylation sites (tertiary alicyclic amines) is 1. The van der Waals surface area contributed by atoms with Crippen LogP contribution in [0.5, 0.6) is 0 Å². The summed E-state index contributed by atoms with van der Waals surface area (Å²) in [6.45, 7) is 1.18. The van der Waals surface area contributed by atoms with Gasteiger partial charge >= 0.3 is 0 Å². The Balaban J connectivity index is 1.47. The highest BCUT2D eigenvalue weighted by Crippen LogP contribution is 2.37. The summed E-state index contributed by atoms with van der Waals surface area (Å²) in [7, 11) is 0. The number of nitrogens with zero attached hydrogens (tertiary/aromatic N) is 2. The number of carbonyl (C=O) groups is 3. The Hall–Kier alpha value is -2.42. The highest BCUT2D eigenvalue weighted by atomic mass is 19.3. The van der Waals surface area contributed by atoms with E-state index in [2.05, 4.69) is 4.90 Å². The number of carbonyl (C=O) groups excluding carboxylic acids is 3. The maximum Gasteiger partial charge on any atom is 0.262 e. The van der Waals surface area contributed by atoms with Crippen LogP contribution in [0.4, 0.5) is 13.2 Å². The molecular weight excluding hydrogens is 387 g/mol. The Morgan fingerprint density at radius 1 is 1.00 bits per heavy atom. The van der Waals surface area contributed by atoms with Crippen molar-refractivity contribution in [1.82, 2.24) is 9.80 Å². The average Bonchev–Trinajstić information content (AvgIpc) is 2.92. The van der Waals surface area contributed by atoms with Crippen LogP contribution in [0.3, 0.4) is 0 Å². The van der Waals surface area contributed by atoms with Crippen molar-refractivity contribution in [2.24, 2.45) is 5.73 Å². The molecule has 29 heavy (non-hydrogen) atoms. The average molecular weight is 409 g/mol. The first-order valence-corrected chi connectivity index (χ1v) is 9.81. The number of alkyl halides is 2. The third kappa shape index (κ3) is 3.52. The van der Waals surface area contributed by atoms with Crippen molar-refractivity contribution in [3.8, 4) is 0 Å². The van der Waals surface area contributed by atoms with E-state index in [1.54, 1.807) is 0 Å². The molecule has 0 atom stereocenters. The van der Waals surface area contributed by atoms with Gasteiger partial charge in [0.25, 0.3) is 11.8 Å². The van der Waals surface area contributed by atoms with Gasteiger partial charge in [0.2, 0.25) is 11.8 Å². The molecule has 0 aromatic heterocycles. The molecule has 3 aliphatic rings. The first-order chi connectivity index (χ1) is 13.7. The summed E-state index contributed by atoms with van der Waals surface area (Å²) in [4.78, 5) is 40.5. The van der Waals surface area contributed by atoms with Gasteiger partial charge in [-0.05, 0) is 37.8 Å². The van der Waals surface area contributed by atoms with Gasteiger partial charge in [0.15, 0.2) is 0 Å². The molecule has 2 N–H and O–H groups in total. The van der Waals surface area contributed by atoms with Gasteiger partial charge in [-0.3, -0.25) is 19.3 Å². The topological polar surface area (TPSA) is 83.7 Å². The molecule has 3 amide bonds. The largest absolute Gasteiger partial charge is 0.366 e. The molecule has 0 radical (unpaired) electrons. The first-order valence-electron chi connectivity index (χ1n) is 9.81. The third-order valence-electron chi connectivity index (χ3n) is 6.32. The molecule has 2 fully saturated rings. The summed E-state index contributed by atoms with van der Waals surface area (Å²) >= 11 is 0. The minimum Gasteiger partial charge on any atom is -0.366 e. The van der Waals surface area contributed by atoms with E-state index in [1.165, 1.54) is 0 Å². The van der Waals surface area contributed by atoms with Crippen LogP contribution >= 0.6 is 0 Å². The number of halogens is 3. The number of amides is 3. The lowest BCUT2D eigenvalue weighted by Gasteiger charge is -2.42. The lowest BCUT2D eigenvalue weighted by Crippen LogP contribution is -2.51. The summed E-state index contributed by atoms with van der Waals surface area (Å²) in [5.74, 6) is -5.60. The predicted octanol–water partition coefficient (Wildman–Crippen LogP) is 2.56. The smallest absolute Gasteiger partial charge is 0.262 e. The monoisotopic (exact) mass is 409 g/mol. The zero-order chi connectivity index (χ0) is 20.9. The van der Waals surface area contributed by atoms with E-state index in [-0.39, 0.29) is 41.6 Å². The number of nitrogens with two attached hydrogens (primary N) is 1. The molecule has 156 valence electrons. The van der Waals surface area contributed by atoms with E-state index in [0.29, 0.717) is 38.8 Å². The lowest BCUT2D eigenvalue weighted by molar-refractivity contribution is -0.0571. The number of benzene rings is 1. The summed E-state index contributed by atoms with van der Waals surface area (Å²) in [6, 6.07) is 1.54. The molecule has 0 spiro atoms. The third-order valence-corrected chi connectivity index (χ3v) is 6.32. The van der Waals surface area contributed by atoms with Crippen molar-refractivity contribution in [2.45, 2.75) is 56.5 Å². The number of hydrogen-bond donors (Lipinski definition) is 1. The van der Waals surface area contributed by atoms with E-state index in [9.17, 15) is 27.6 Å². The second kappa shape index (κ2) is 7.12. The quantitative estimate of drug-likeness (QED) is 0.778. The number of fused-ring (bicyclic) bond motifs is 1. The molecule has 4 rings (SSSR count). The molecule has 1 aliphatic carbocycles. The Labute approximate surface area is 165 Å². The maximum atomic E-state index is 13.8. The first kappa shape index (κ1) is 19.9. The van der Waals surface area contributed by atoms with Gasteiger partial charge in [0, 0.05) is 38.0 Å². The standard InChI is InChI=1S/C20H22F3N3O3/c21-11-9-14(17(24)27)16-15(10-11)18(28)26(19(16)29)13-3-7-25(8-4-13)12-1-5-20(22,23)6-2-12/h9-10,12-13H,1-8H2,(H2,24,27). The summed E-state index contributed by atoms with van der Waals surface area (Å²) in [5.41, 5.74) is 4.69. The summed E-state index contributed by atoms with van der Waals surface area (Å²) in [6.07, 6.45) is 1.66. The number of hydrogen-bond acceptors (Lipinski definition) is 4. The van der Waals surface area contributed by atoms with Gasteiger partial charge in [-0.15, -0.1) is 0 Å². The fraction of sp³-hybridized carbons (Fsp3) is 0.550. The molecule has 1 aromatic rings. The Kier molecular flexibility index (Phi) is 4.88. The fourth-order valence-corrected chi connectivity index (χ4v) is 4.77. The molecule has 1 saturated carbocycles. The van der Waals surface area contributed by atoms with E-state index < -0.39 is 29.5 Å². The van der Waals surface area contributed by atoms with Crippen LogP contribution in [0.25, 0.3) is 0 Å². The van der Waals surface area contributed by atoms with Crippen molar-refractivity contribution < 1.29 is 27.6 Å². The van der Waals surface area contributed by atoms with Crippen LogP contribution in [-0.4, -0.2) is 58.6 Å². The van der Waals surface area contributed by atoms with E-state index >= 15 is 0 Å². The van der Waals surface area contributed by atoms with Gasteiger partial charge in [-0.2, -0.15) is 0 Å². The highest BCUT2D eigenvalue weighted by molar-refractivity contribution is 6.25. The van der Waals surface area contributed by atoms with Gasteiger partial charge in [0.05, 0.1) is 16.7 Å². The highest BCUT2D eigenvalue weighted by Gasteiger charge is 2.44. The Morgan fingerprint density at radius 2 is 1.62 bits per heavy atom. The molecule has 2 heterocycles. The van der Waals surface area contributed by atoms with Crippen LogP contribution in [-0.2, 0) is 0 Å². The van der Waals surface area contributed by atoms with Crippen LogP contribution in [0.1, 0.15) is 69.6 Å². The van der Waals surface area contributed by atoms with Crippen LogP contribution < -0.4 is 5.73 Å². The van der Waals surface area contributed by atoms with Gasteiger partial charge in [-0.25, -0.2) is 13.2 Å². The Bertz CT molecular complexity index is 871. The Morgan fingerprint density at radius 3 is 2.21 bits per heavy atom. The molecule has 9 heteroatoms. The lowest BCUT2D eigenvalue weighted by atomic mass is 9.89. The molecule has 1 saturated heterocycles. The van der Waals surface area contributed by atoms with E-state index in [1.807, 2.05) is 0 Å². The predicted molar refractivity (Wildman–Crippen MR) is 97.2 cm³/mol. The van der Waals surface area contributed by atoms with Crippen molar-refractivity contribution in [2.75, 3.05) is 13.1 Å². The van der Waals surface area contributed by atoms with Gasteiger partial charge in [0.1, 0.15) is 5.82 Å². The van der Waals surface area contributed by atoms with E-state index in [0.717, 1.165) is 17.0 Å². The van der Waals surface area contributed by atoms with Crippen LogP contribution in [0.15, 0.2) is 12.1 Å². The SMILES string of the molecule is NC(=O)c1cc(F)cc2c1C(=O)N(C1CCN(C3CCC(F)(F)CC3)CC1)C2=O. The maximum absolute atomic E-state index is 13.8. The minimum atomic E-state index is -2.58. The molecule has 2 aliphatic heterocycles. The van der Waals surface area contributed by atoms with Crippen molar-refractivity contribution in [1.29, 1.82) is 0 Å². The van der Waals surface area contributed by atoms with Gasteiger partial charge < -0.3 is 10.6 Å². The molecular formula is C20H22F3N3O3. The number of imide groups is 1. The number of rotatable bonds is 3. The second-order valence-corrected chi connectivity index (χ2v) is 8.07. The molecule has 0 bridgehead atoms. The zero-order valence-corrected chi connectivity index (χ0v) is 15.8. The van der Waals surface area contributed by atoms with Gasteiger partial charge in [-0.1, -0.05) is 0 Å². The fourth-order valence-electron chi connectivity index (χ4n) is 4.77. The molecule has 0 unspecified atom stereocenters. The van der Waals surface area contributed by atoms with Crippen molar-refractivity contribution in [3.63, 3.8) is 0 Å². The van der Waals surface area contributed by atoms with Crippen LogP contribution in [0.2, 0.25) is 0 Å². The van der Waals surface area contributed by atoms with E-state index in [4.69, 9.17) is 5.73 Å².